The molecule has 4 rings (SSSR count). The molecule has 30 heavy (non-hydrogen) atoms. The maximum absolute atomic E-state index is 14.3. The van der Waals surface area contributed by atoms with Gasteiger partial charge in [-0.05, 0) is 18.2 Å². The monoisotopic (exact) mass is 431 g/mol. The first-order chi connectivity index (χ1) is 14.5. The maximum atomic E-state index is 14.3. The molecule has 1 N–H and O–H groups in total. The molecule has 158 valence electrons. The van der Waals surface area contributed by atoms with Crippen molar-refractivity contribution in [3.05, 3.63) is 64.4 Å². The van der Waals surface area contributed by atoms with E-state index < -0.39 is 11.9 Å². The third kappa shape index (κ3) is 4.42. The number of nitrogens with one attached hydrogen (secondary N) is 1. The highest BCUT2D eigenvalue weighted by Gasteiger charge is 2.34. The molecule has 0 spiro atoms. The van der Waals surface area contributed by atoms with Crippen LogP contribution in [0.25, 0.3) is 0 Å². The average molecular weight is 432 g/mol. The second kappa shape index (κ2) is 9.02. The molecule has 2 amide bonds. The van der Waals surface area contributed by atoms with Gasteiger partial charge in [-0.3, -0.25) is 14.5 Å². The number of fused-ring (bicyclic) bond motifs is 1. The minimum atomic E-state index is -0.679. The molecule has 2 aromatic rings. The van der Waals surface area contributed by atoms with Crippen LogP contribution in [0.1, 0.15) is 17.5 Å². The lowest BCUT2D eigenvalue weighted by Gasteiger charge is -2.35. The highest BCUT2D eigenvalue weighted by atomic mass is 35.5. The molecule has 8 heteroatoms. The van der Waals surface area contributed by atoms with Gasteiger partial charge in [0.05, 0.1) is 19.0 Å². The Morgan fingerprint density at radius 2 is 2.03 bits per heavy atom. The molecule has 6 nitrogen and oxygen atoms in total. The fraction of sp³-hybridized carbons (Fsp3) is 0.364. The molecule has 1 atom stereocenters. The Morgan fingerprint density at radius 1 is 1.20 bits per heavy atom. The number of benzene rings is 2. The van der Waals surface area contributed by atoms with Crippen molar-refractivity contribution in [1.82, 2.24) is 15.1 Å². The van der Waals surface area contributed by atoms with E-state index >= 15 is 0 Å². The van der Waals surface area contributed by atoms with Crippen molar-refractivity contribution >= 4 is 23.4 Å². The van der Waals surface area contributed by atoms with E-state index in [1.807, 2.05) is 29.2 Å². The Balaban J connectivity index is 1.49. The van der Waals surface area contributed by atoms with Crippen LogP contribution in [0.4, 0.5) is 4.39 Å². The van der Waals surface area contributed by atoms with E-state index in [0.717, 1.165) is 11.3 Å². The van der Waals surface area contributed by atoms with Crippen LogP contribution in [-0.4, -0.2) is 53.9 Å². The van der Waals surface area contributed by atoms with Crippen LogP contribution in [0.5, 0.6) is 5.75 Å². The molecule has 0 saturated carbocycles. The summed E-state index contributed by atoms with van der Waals surface area (Å²) < 4.78 is 20.0. The summed E-state index contributed by atoms with van der Waals surface area (Å²) in [6.07, 6.45) is 0.0140. The van der Waals surface area contributed by atoms with Crippen LogP contribution in [0.3, 0.4) is 0 Å². The van der Waals surface area contributed by atoms with E-state index in [9.17, 15) is 14.0 Å². The first-order valence-corrected chi connectivity index (χ1v) is 10.3. The molecule has 0 aliphatic carbocycles. The SMILES string of the molecule is O=C1NCCN(Cc2c(F)cccc2Cl)C1CC(=O)N1CCOc2ccccc2C1. The third-order valence-corrected chi connectivity index (χ3v) is 5.89. The second-order valence-corrected chi connectivity index (χ2v) is 7.86. The predicted molar refractivity (Wildman–Crippen MR) is 111 cm³/mol. The van der Waals surface area contributed by atoms with Crippen LogP contribution in [0.15, 0.2) is 42.5 Å². The van der Waals surface area contributed by atoms with Crippen LogP contribution >= 0.6 is 11.6 Å². The third-order valence-electron chi connectivity index (χ3n) is 5.54. The van der Waals surface area contributed by atoms with Crippen LogP contribution in [0.2, 0.25) is 5.02 Å². The predicted octanol–water partition coefficient (Wildman–Crippen LogP) is 2.59. The Kier molecular flexibility index (Phi) is 6.20. The zero-order chi connectivity index (χ0) is 21.1. The Morgan fingerprint density at radius 3 is 2.87 bits per heavy atom. The van der Waals surface area contributed by atoms with Crippen molar-refractivity contribution in [2.24, 2.45) is 0 Å². The quantitative estimate of drug-likeness (QED) is 0.808. The summed E-state index contributed by atoms with van der Waals surface area (Å²) in [4.78, 5) is 29.2. The number of carbonyl (C=O) groups excluding carboxylic acids is 2. The number of carbonyl (C=O) groups is 2. The number of amides is 2. The topological polar surface area (TPSA) is 61.9 Å². The highest BCUT2D eigenvalue weighted by molar-refractivity contribution is 6.31. The van der Waals surface area contributed by atoms with Crippen LogP contribution in [-0.2, 0) is 22.7 Å². The van der Waals surface area contributed by atoms with E-state index in [0.29, 0.717) is 43.4 Å². The lowest BCUT2D eigenvalue weighted by Crippen LogP contribution is -2.56. The average Bonchev–Trinajstić information content (AvgIpc) is 2.95. The molecule has 2 heterocycles. The van der Waals surface area contributed by atoms with E-state index in [1.54, 1.807) is 17.0 Å². The number of nitrogens with zero attached hydrogens (tertiary/aromatic N) is 2. The molecular formula is C22H23ClFN3O3. The smallest absolute Gasteiger partial charge is 0.237 e. The van der Waals surface area contributed by atoms with Gasteiger partial charge in [0.25, 0.3) is 0 Å². The number of para-hydroxylation sites is 1. The van der Waals surface area contributed by atoms with E-state index in [4.69, 9.17) is 16.3 Å². The van der Waals surface area contributed by atoms with Gasteiger partial charge in [0, 0.05) is 42.3 Å². The van der Waals surface area contributed by atoms with Crippen molar-refractivity contribution in [2.75, 3.05) is 26.2 Å². The number of hydrogen-bond acceptors (Lipinski definition) is 4. The van der Waals surface area contributed by atoms with Gasteiger partial charge in [0.15, 0.2) is 0 Å². The molecular weight excluding hydrogens is 409 g/mol. The Hall–Kier alpha value is -2.64. The van der Waals surface area contributed by atoms with Gasteiger partial charge in [-0.1, -0.05) is 35.9 Å². The van der Waals surface area contributed by atoms with Crippen molar-refractivity contribution in [3.8, 4) is 5.75 Å². The zero-order valence-electron chi connectivity index (χ0n) is 16.4. The number of hydrogen-bond donors (Lipinski definition) is 1. The Bertz CT molecular complexity index is 935. The van der Waals surface area contributed by atoms with E-state index in [2.05, 4.69) is 5.32 Å². The fourth-order valence-electron chi connectivity index (χ4n) is 3.89. The molecule has 0 radical (unpaired) electrons. The summed E-state index contributed by atoms with van der Waals surface area (Å²) in [5.74, 6) is -0.00520. The molecule has 1 saturated heterocycles. The fourth-order valence-corrected chi connectivity index (χ4v) is 4.12. The first-order valence-electron chi connectivity index (χ1n) is 9.96. The van der Waals surface area contributed by atoms with Gasteiger partial charge >= 0.3 is 0 Å². The molecule has 0 aromatic heterocycles. The largest absolute Gasteiger partial charge is 0.491 e. The molecule has 2 aliphatic rings. The Labute approximate surface area is 179 Å². The van der Waals surface area contributed by atoms with Gasteiger partial charge in [-0.2, -0.15) is 0 Å². The van der Waals surface area contributed by atoms with Crippen molar-refractivity contribution in [2.45, 2.75) is 25.6 Å². The van der Waals surface area contributed by atoms with E-state index in [-0.39, 0.29) is 24.8 Å². The minimum Gasteiger partial charge on any atom is -0.491 e. The lowest BCUT2D eigenvalue weighted by molar-refractivity contribution is -0.139. The summed E-state index contributed by atoms with van der Waals surface area (Å²) in [6.45, 7) is 2.40. The summed E-state index contributed by atoms with van der Waals surface area (Å²) in [5.41, 5.74) is 1.27. The van der Waals surface area contributed by atoms with Crippen LogP contribution < -0.4 is 10.1 Å². The summed E-state index contributed by atoms with van der Waals surface area (Å²) >= 11 is 6.17. The lowest BCUT2D eigenvalue weighted by atomic mass is 10.1. The first kappa shape index (κ1) is 20.6. The van der Waals surface area contributed by atoms with Gasteiger partial charge < -0.3 is 15.0 Å². The summed E-state index contributed by atoms with van der Waals surface area (Å²) in [5, 5.41) is 3.12. The van der Waals surface area contributed by atoms with Gasteiger partial charge in [0.1, 0.15) is 18.2 Å². The molecule has 2 aliphatic heterocycles. The molecule has 2 aromatic carbocycles. The van der Waals surface area contributed by atoms with Gasteiger partial charge in [-0.25, -0.2) is 4.39 Å². The second-order valence-electron chi connectivity index (χ2n) is 7.45. The molecule has 1 fully saturated rings. The zero-order valence-corrected chi connectivity index (χ0v) is 17.2. The summed E-state index contributed by atoms with van der Waals surface area (Å²) in [6, 6.07) is 11.5. The molecule has 0 bridgehead atoms. The number of halogens is 2. The van der Waals surface area contributed by atoms with Gasteiger partial charge in [0.2, 0.25) is 11.8 Å². The number of rotatable bonds is 4. The van der Waals surface area contributed by atoms with Crippen molar-refractivity contribution in [1.29, 1.82) is 0 Å². The van der Waals surface area contributed by atoms with Gasteiger partial charge in [-0.15, -0.1) is 0 Å². The summed E-state index contributed by atoms with van der Waals surface area (Å²) in [7, 11) is 0. The number of piperazine rings is 1. The normalized spacial score (nSPS) is 19.5. The standard InChI is InChI=1S/C22H23ClFN3O3/c23-17-5-3-6-18(24)16(17)14-26-9-8-25-22(29)19(26)12-21(28)27-10-11-30-20-7-2-1-4-15(20)13-27/h1-7,19H,8-14H2,(H,25,29). The minimum absolute atomic E-state index is 0.0140. The maximum Gasteiger partial charge on any atom is 0.237 e. The molecule has 1 unspecified atom stereocenters. The van der Waals surface area contributed by atoms with E-state index in [1.165, 1.54) is 6.07 Å². The van der Waals surface area contributed by atoms with Crippen LogP contribution in [0, 0.1) is 5.82 Å². The van der Waals surface area contributed by atoms with Crippen molar-refractivity contribution in [3.63, 3.8) is 0 Å². The van der Waals surface area contributed by atoms with Crippen molar-refractivity contribution < 1.29 is 18.7 Å². The number of ether oxygens (including phenoxy) is 1. The highest BCUT2D eigenvalue weighted by Crippen LogP contribution is 2.25.